The minimum atomic E-state index is -0.154. The topological polar surface area (TPSA) is 15.3 Å². The summed E-state index contributed by atoms with van der Waals surface area (Å²) in [5.41, 5.74) is 1.37. The molecule has 2 rings (SSSR count). The first-order valence-corrected chi connectivity index (χ1v) is 7.33. The first-order valence-electron chi connectivity index (χ1n) is 7.33. The molecule has 0 amide bonds. The Morgan fingerprint density at radius 3 is 2.68 bits per heavy atom. The first-order chi connectivity index (χ1) is 9.15. The van der Waals surface area contributed by atoms with E-state index in [0.29, 0.717) is 5.41 Å². The van der Waals surface area contributed by atoms with Crippen LogP contribution in [0.5, 0.6) is 0 Å². The molecule has 1 N–H and O–H groups in total. The van der Waals surface area contributed by atoms with Crippen LogP contribution in [0.1, 0.15) is 32.6 Å². The molecule has 0 saturated carbocycles. The lowest BCUT2D eigenvalue weighted by molar-refractivity contribution is 0.190. The molecule has 0 bridgehead atoms. The van der Waals surface area contributed by atoms with Gasteiger partial charge in [-0.05, 0) is 56.0 Å². The van der Waals surface area contributed by atoms with Crippen LogP contribution in [0.4, 0.5) is 10.1 Å². The number of nitrogens with zero attached hydrogens (tertiary/aromatic N) is 1. The van der Waals surface area contributed by atoms with Gasteiger partial charge in [0.2, 0.25) is 0 Å². The second-order valence-electron chi connectivity index (χ2n) is 5.84. The molecule has 3 heteroatoms. The molecule has 1 aliphatic heterocycles. The van der Waals surface area contributed by atoms with Crippen LogP contribution in [0.25, 0.3) is 0 Å². The van der Waals surface area contributed by atoms with Gasteiger partial charge in [-0.2, -0.15) is 0 Å². The van der Waals surface area contributed by atoms with Crippen molar-refractivity contribution in [3.8, 4) is 0 Å². The Labute approximate surface area is 116 Å². The predicted molar refractivity (Wildman–Crippen MR) is 79.1 cm³/mol. The van der Waals surface area contributed by atoms with Crippen LogP contribution in [0.3, 0.4) is 0 Å². The normalized spacial score (nSPS) is 18.3. The van der Waals surface area contributed by atoms with E-state index < -0.39 is 0 Å². The summed E-state index contributed by atoms with van der Waals surface area (Å²) in [7, 11) is 2.08. The van der Waals surface area contributed by atoms with E-state index in [1.54, 1.807) is 12.1 Å². The van der Waals surface area contributed by atoms with E-state index in [9.17, 15) is 4.39 Å². The summed E-state index contributed by atoms with van der Waals surface area (Å²) in [5.74, 6) is -0.154. The fraction of sp³-hybridized carbons (Fsp3) is 0.625. The van der Waals surface area contributed by atoms with Gasteiger partial charge in [0.05, 0.1) is 0 Å². The predicted octanol–water partition coefficient (Wildman–Crippen LogP) is 3.43. The SMILES string of the molecule is CCCC1(CN(C)c2cccc(F)c2)CCNCC1. The highest BCUT2D eigenvalue weighted by Crippen LogP contribution is 2.35. The minimum absolute atomic E-state index is 0.154. The van der Waals surface area contributed by atoms with Crippen LogP contribution in [-0.2, 0) is 0 Å². The van der Waals surface area contributed by atoms with Gasteiger partial charge in [0.1, 0.15) is 5.82 Å². The van der Waals surface area contributed by atoms with E-state index in [4.69, 9.17) is 0 Å². The molecule has 0 spiro atoms. The Kier molecular flexibility index (Phi) is 4.81. The standard InChI is InChI=1S/C16H25FN2/c1-3-7-16(8-10-18-11-9-16)13-19(2)15-6-4-5-14(17)12-15/h4-6,12,18H,3,7-11,13H2,1-2H3. The van der Waals surface area contributed by atoms with Crippen LogP contribution < -0.4 is 10.2 Å². The van der Waals surface area contributed by atoms with Crippen molar-refractivity contribution < 1.29 is 4.39 Å². The Balaban J connectivity index is 2.08. The van der Waals surface area contributed by atoms with Crippen LogP contribution in [-0.4, -0.2) is 26.7 Å². The molecule has 0 unspecified atom stereocenters. The number of halogens is 1. The van der Waals surface area contributed by atoms with Crippen molar-refractivity contribution >= 4 is 5.69 Å². The molecular formula is C16H25FN2. The lowest BCUT2D eigenvalue weighted by Crippen LogP contribution is -2.43. The quantitative estimate of drug-likeness (QED) is 0.876. The number of nitrogens with one attached hydrogen (secondary N) is 1. The average Bonchev–Trinajstić information content (AvgIpc) is 2.40. The van der Waals surface area contributed by atoms with Gasteiger partial charge in [-0.25, -0.2) is 4.39 Å². The third-order valence-corrected chi connectivity index (χ3v) is 4.27. The highest BCUT2D eigenvalue weighted by atomic mass is 19.1. The molecule has 1 aromatic rings. The summed E-state index contributed by atoms with van der Waals surface area (Å²) in [6.45, 7) is 5.49. The molecule has 1 fully saturated rings. The monoisotopic (exact) mass is 264 g/mol. The fourth-order valence-electron chi connectivity index (χ4n) is 3.28. The van der Waals surface area contributed by atoms with Gasteiger partial charge in [0, 0.05) is 19.3 Å². The molecule has 0 aromatic heterocycles. The number of hydrogen-bond donors (Lipinski definition) is 1. The zero-order valence-corrected chi connectivity index (χ0v) is 12.1. The van der Waals surface area contributed by atoms with Gasteiger partial charge >= 0.3 is 0 Å². The molecule has 1 aromatic carbocycles. The Hall–Kier alpha value is -1.09. The van der Waals surface area contributed by atoms with E-state index in [2.05, 4.69) is 24.2 Å². The molecule has 1 aliphatic rings. The van der Waals surface area contributed by atoms with Crippen molar-refractivity contribution in [1.29, 1.82) is 0 Å². The summed E-state index contributed by atoms with van der Waals surface area (Å²) in [6, 6.07) is 6.91. The maximum atomic E-state index is 13.3. The van der Waals surface area contributed by atoms with E-state index in [0.717, 1.165) is 25.3 Å². The highest BCUT2D eigenvalue weighted by molar-refractivity contribution is 5.45. The van der Waals surface area contributed by atoms with Crippen LogP contribution in [0, 0.1) is 11.2 Å². The van der Waals surface area contributed by atoms with Crippen molar-refractivity contribution in [2.24, 2.45) is 5.41 Å². The van der Waals surface area contributed by atoms with Gasteiger partial charge in [0.15, 0.2) is 0 Å². The maximum Gasteiger partial charge on any atom is 0.125 e. The average molecular weight is 264 g/mol. The third-order valence-electron chi connectivity index (χ3n) is 4.27. The summed E-state index contributed by atoms with van der Waals surface area (Å²) in [4.78, 5) is 2.21. The largest absolute Gasteiger partial charge is 0.374 e. The van der Waals surface area contributed by atoms with Crippen molar-refractivity contribution in [3.05, 3.63) is 30.1 Å². The van der Waals surface area contributed by atoms with E-state index >= 15 is 0 Å². The Bertz CT molecular complexity index is 394. The lowest BCUT2D eigenvalue weighted by Gasteiger charge is -2.41. The maximum absolute atomic E-state index is 13.3. The van der Waals surface area contributed by atoms with Crippen molar-refractivity contribution in [3.63, 3.8) is 0 Å². The summed E-state index contributed by atoms with van der Waals surface area (Å²) in [5, 5.41) is 3.44. The van der Waals surface area contributed by atoms with Gasteiger partial charge in [-0.1, -0.05) is 19.4 Å². The van der Waals surface area contributed by atoms with Crippen LogP contribution in [0.15, 0.2) is 24.3 Å². The molecule has 0 atom stereocenters. The van der Waals surface area contributed by atoms with Gasteiger partial charge in [-0.15, -0.1) is 0 Å². The van der Waals surface area contributed by atoms with E-state index in [1.807, 2.05) is 6.07 Å². The first kappa shape index (κ1) is 14.3. The van der Waals surface area contributed by atoms with E-state index in [1.165, 1.54) is 31.7 Å². The number of benzene rings is 1. The minimum Gasteiger partial charge on any atom is -0.374 e. The van der Waals surface area contributed by atoms with Crippen LogP contribution >= 0.6 is 0 Å². The molecular weight excluding hydrogens is 239 g/mol. The van der Waals surface area contributed by atoms with Gasteiger partial charge < -0.3 is 10.2 Å². The Morgan fingerprint density at radius 2 is 2.05 bits per heavy atom. The van der Waals surface area contributed by atoms with Gasteiger partial charge in [-0.3, -0.25) is 0 Å². The van der Waals surface area contributed by atoms with Crippen molar-refractivity contribution in [1.82, 2.24) is 5.32 Å². The van der Waals surface area contributed by atoms with E-state index in [-0.39, 0.29) is 5.82 Å². The summed E-state index contributed by atoms with van der Waals surface area (Å²) >= 11 is 0. The molecule has 0 aliphatic carbocycles. The Morgan fingerprint density at radius 1 is 1.32 bits per heavy atom. The highest BCUT2D eigenvalue weighted by Gasteiger charge is 2.32. The van der Waals surface area contributed by atoms with Crippen molar-refractivity contribution in [2.75, 3.05) is 31.6 Å². The molecule has 19 heavy (non-hydrogen) atoms. The third kappa shape index (κ3) is 3.69. The molecule has 1 saturated heterocycles. The number of anilines is 1. The molecule has 2 nitrogen and oxygen atoms in total. The summed E-state index contributed by atoms with van der Waals surface area (Å²) in [6.07, 6.45) is 4.92. The molecule has 1 heterocycles. The van der Waals surface area contributed by atoms with Gasteiger partial charge in [0.25, 0.3) is 0 Å². The lowest BCUT2D eigenvalue weighted by atomic mass is 9.75. The fourth-order valence-corrected chi connectivity index (χ4v) is 3.28. The zero-order valence-electron chi connectivity index (χ0n) is 12.1. The second-order valence-corrected chi connectivity index (χ2v) is 5.84. The number of piperidine rings is 1. The smallest absolute Gasteiger partial charge is 0.125 e. The van der Waals surface area contributed by atoms with Crippen molar-refractivity contribution in [2.45, 2.75) is 32.6 Å². The van der Waals surface area contributed by atoms with Crippen LogP contribution in [0.2, 0.25) is 0 Å². The summed E-state index contributed by atoms with van der Waals surface area (Å²) < 4.78 is 13.3. The number of hydrogen-bond acceptors (Lipinski definition) is 2. The number of rotatable bonds is 5. The second kappa shape index (κ2) is 6.38. The molecule has 0 radical (unpaired) electrons. The zero-order chi connectivity index (χ0) is 13.7. The molecule has 106 valence electrons.